The Labute approximate surface area is 125 Å². The van der Waals surface area contributed by atoms with E-state index in [2.05, 4.69) is 38.8 Å². The van der Waals surface area contributed by atoms with Gasteiger partial charge in [-0.1, -0.05) is 0 Å². The van der Waals surface area contributed by atoms with Crippen molar-refractivity contribution in [2.24, 2.45) is 0 Å². The summed E-state index contributed by atoms with van der Waals surface area (Å²) in [4.78, 5) is 6.85. The van der Waals surface area contributed by atoms with Gasteiger partial charge in [-0.15, -0.1) is 11.3 Å². The molecule has 1 saturated carbocycles. The van der Waals surface area contributed by atoms with Gasteiger partial charge in [0.2, 0.25) is 0 Å². The normalized spacial score (nSPS) is 14.8. The molecular formula is C15H15N3S2. The van der Waals surface area contributed by atoms with Crippen molar-refractivity contribution in [3.63, 3.8) is 0 Å². The Balaban J connectivity index is 1.75. The summed E-state index contributed by atoms with van der Waals surface area (Å²) in [7, 11) is 0. The number of hydrogen-bond donors (Lipinski definition) is 1. The van der Waals surface area contributed by atoms with E-state index in [1.165, 1.54) is 18.4 Å². The van der Waals surface area contributed by atoms with Crippen LogP contribution in [0.3, 0.4) is 0 Å². The first-order chi connectivity index (χ1) is 9.83. The van der Waals surface area contributed by atoms with Crippen LogP contribution in [0.4, 0.5) is 11.4 Å². The van der Waals surface area contributed by atoms with Gasteiger partial charge in [0, 0.05) is 12.6 Å². The third-order valence-corrected chi connectivity index (χ3v) is 5.27. The Morgan fingerprint density at radius 2 is 2.20 bits per heavy atom. The van der Waals surface area contributed by atoms with Crippen molar-refractivity contribution in [1.29, 1.82) is 0 Å². The van der Waals surface area contributed by atoms with Gasteiger partial charge in [-0.25, -0.2) is 4.98 Å². The van der Waals surface area contributed by atoms with E-state index in [-0.39, 0.29) is 0 Å². The molecule has 3 aromatic rings. The minimum absolute atomic E-state index is 0.633. The highest BCUT2D eigenvalue weighted by Gasteiger charge is 2.30. The van der Waals surface area contributed by atoms with Crippen molar-refractivity contribution >= 4 is 44.3 Å². The number of aromatic nitrogens is 1. The fraction of sp³-hybridized carbons (Fsp3) is 0.267. The molecule has 0 amide bonds. The number of thiazole rings is 1. The maximum Gasteiger partial charge on any atom is 0.106 e. The summed E-state index contributed by atoms with van der Waals surface area (Å²) in [6, 6.07) is 7.12. The molecule has 0 saturated heterocycles. The highest BCUT2D eigenvalue weighted by molar-refractivity contribution is 7.16. The van der Waals surface area contributed by atoms with Gasteiger partial charge in [-0.2, -0.15) is 11.3 Å². The Kier molecular flexibility index (Phi) is 2.89. The Morgan fingerprint density at radius 3 is 2.95 bits per heavy atom. The zero-order chi connectivity index (χ0) is 13.5. The topological polar surface area (TPSA) is 42.1 Å². The molecule has 0 radical (unpaired) electrons. The molecule has 3 nitrogen and oxygen atoms in total. The van der Waals surface area contributed by atoms with Crippen molar-refractivity contribution in [3.8, 4) is 0 Å². The molecule has 0 spiro atoms. The molecule has 1 fully saturated rings. The van der Waals surface area contributed by atoms with Crippen LogP contribution in [-0.4, -0.2) is 11.0 Å². The number of anilines is 2. The summed E-state index contributed by atoms with van der Waals surface area (Å²) in [5.74, 6) is 0. The van der Waals surface area contributed by atoms with Gasteiger partial charge in [0.25, 0.3) is 0 Å². The van der Waals surface area contributed by atoms with Crippen LogP contribution in [0.1, 0.15) is 18.4 Å². The average Bonchev–Trinajstić information content (AvgIpc) is 2.97. The maximum atomic E-state index is 6.36. The lowest BCUT2D eigenvalue weighted by Gasteiger charge is -2.26. The lowest BCUT2D eigenvalue weighted by atomic mass is 10.2. The van der Waals surface area contributed by atoms with E-state index in [9.17, 15) is 0 Å². The molecule has 5 heteroatoms. The fourth-order valence-corrected chi connectivity index (χ4v) is 3.92. The van der Waals surface area contributed by atoms with E-state index in [0.717, 1.165) is 28.1 Å². The SMILES string of the molecule is Nc1c(N(Cc2ccsc2)C2CC2)ccc2scnc12. The second-order valence-electron chi connectivity index (χ2n) is 5.19. The van der Waals surface area contributed by atoms with Gasteiger partial charge < -0.3 is 10.6 Å². The molecule has 2 heterocycles. The van der Waals surface area contributed by atoms with Crippen molar-refractivity contribution in [3.05, 3.63) is 40.0 Å². The molecular weight excluding hydrogens is 286 g/mol. The number of rotatable bonds is 4. The third kappa shape index (κ3) is 2.07. The van der Waals surface area contributed by atoms with Crippen molar-refractivity contribution in [1.82, 2.24) is 4.98 Å². The molecule has 0 unspecified atom stereocenters. The van der Waals surface area contributed by atoms with Crippen molar-refractivity contribution in [2.75, 3.05) is 10.6 Å². The van der Waals surface area contributed by atoms with Gasteiger partial charge in [-0.05, 0) is 47.4 Å². The number of thiophene rings is 1. The van der Waals surface area contributed by atoms with Crippen LogP contribution in [-0.2, 0) is 6.54 Å². The number of hydrogen-bond acceptors (Lipinski definition) is 5. The third-order valence-electron chi connectivity index (χ3n) is 3.75. The molecule has 0 bridgehead atoms. The molecule has 0 aliphatic heterocycles. The van der Waals surface area contributed by atoms with Crippen LogP contribution >= 0.6 is 22.7 Å². The number of nitrogen functional groups attached to an aromatic ring is 1. The summed E-state index contributed by atoms with van der Waals surface area (Å²) >= 11 is 3.39. The van der Waals surface area contributed by atoms with Crippen LogP contribution in [0, 0.1) is 0 Å². The second-order valence-corrected chi connectivity index (χ2v) is 6.85. The average molecular weight is 301 g/mol. The smallest absolute Gasteiger partial charge is 0.106 e. The highest BCUT2D eigenvalue weighted by Crippen LogP contribution is 2.39. The van der Waals surface area contributed by atoms with E-state index in [4.69, 9.17) is 5.73 Å². The summed E-state index contributed by atoms with van der Waals surface area (Å²) < 4.78 is 1.16. The Morgan fingerprint density at radius 1 is 1.30 bits per heavy atom. The van der Waals surface area contributed by atoms with Gasteiger partial charge in [-0.3, -0.25) is 0 Å². The lowest BCUT2D eigenvalue weighted by molar-refractivity contribution is 0.798. The quantitative estimate of drug-likeness (QED) is 0.737. The van der Waals surface area contributed by atoms with Crippen molar-refractivity contribution in [2.45, 2.75) is 25.4 Å². The summed E-state index contributed by atoms with van der Waals surface area (Å²) in [5, 5.41) is 4.35. The van der Waals surface area contributed by atoms with E-state index < -0.39 is 0 Å². The first-order valence-electron chi connectivity index (χ1n) is 6.72. The molecule has 0 atom stereocenters. The van der Waals surface area contributed by atoms with E-state index in [1.807, 2.05) is 5.51 Å². The first kappa shape index (κ1) is 12.2. The second kappa shape index (κ2) is 4.75. The monoisotopic (exact) mass is 301 g/mol. The zero-order valence-corrected chi connectivity index (χ0v) is 12.6. The molecule has 2 aromatic heterocycles. The molecule has 1 aliphatic rings. The highest BCUT2D eigenvalue weighted by atomic mass is 32.1. The zero-order valence-electron chi connectivity index (χ0n) is 11.0. The molecule has 102 valence electrons. The minimum Gasteiger partial charge on any atom is -0.395 e. The summed E-state index contributed by atoms with van der Waals surface area (Å²) in [6.07, 6.45) is 2.53. The lowest BCUT2D eigenvalue weighted by Crippen LogP contribution is -2.25. The molecule has 2 N–H and O–H groups in total. The van der Waals surface area contributed by atoms with Gasteiger partial charge in [0.1, 0.15) is 5.52 Å². The van der Waals surface area contributed by atoms with Crippen LogP contribution in [0.25, 0.3) is 10.2 Å². The molecule has 1 aliphatic carbocycles. The van der Waals surface area contributed by atoms with Gasteiger partial charge >= 0.3 is 0 Å². The maximum absolute atomic E-state index is 6.36. The van der Waals surface area contributed by atoms with Crippen LogP contribution in [0.2, 0.25) is 0 Å². The minimum atomic E-state index is 0.633. The summed E-state index contributed by atoms with van der Waals surface area (Å²) in [6.45, 7) is 0.939. The van der Waals surface area contributed by atoms with Gasteiger partial charge in [0.05, 0.1) is 21.6 Å². The molecule has 20 heavy (non-hydrogen) atoms. The van der Waals surface area contributed by atoms with E-state index in [1.54, 1.807) is 22.7 Å². The Bertz CT molecular complexity index is 729. The number of nitrogens with two attached hydrogens (primary N) is 1. The van der Waals surface area contributed by atoms with Crippen LogP contribution in [0.5, 0.6) is 0 Å². The predicted molar refractivity (Wildman–Crippen MR) is 87.6 cm³/mol. The van der Waals surface area contributed by atoms with Crippen LogP contribution < -0.4 is 10.6 Å². The number of fused-ring (bicyclic) bond motifs is 1. The van der Waals surface area contributed by atoms with Crippen LogP contribution in [0.15, 0.2) is 34.5 Å². The summed E-state index contributed by atoms with van der Waals surface area (Å²) in [5.41, 5.74) is 12.5. The Hall–Kier alpha value is -1.59. The van der Waals surface area contributed by atoms with Crippen molar-refractivity contribution < 1.29 is 0 Å². The number of benzene rings is 1. The number of nitrogens with zero attached hydrogens (tertiary/aromatic N) is 2. The predicted octanol–water partition coefficient (Wildman–Crippen LogP) is 4.11. The molecule has 1 aromatic carbocycles. The van der Waals surface area contributed by atoms with Gasteiger partial charge in [0.15, 0.2) is 0 Å². The standard InChI is InChI=1S/C15H15N3S2/c16-14-12(3-4-13-15(14)17-9-20-13)18(11-1-2-11)7-10-5-6-19-8-10/h3-6,8-9,11H,1-2,7,16H2. The van der Waals surface area contributed by atoms with E-state index in [0.29, 0.717) is 6.04 Å². The first-order valence-corrected chi connectivity index (χ1v) is 8.54. The fourth-order valence-electron chi connectivity index (χ4n) is 2.57. The molecule has 4 rings (SSSR count). The van der Waals surface area contributed by atoms with E-state index >= 15 is 0 Å². The largest absolute Gasteiger partial charge is 0.395 e.